The molecule has 172 valence electrons. The highest BCUT2D eigenvalue weighted by atomic mass is 35.5. The quantitative estimate of drug-likeness (QED) is 0.410. The fraction of sp³-hybridized carbons (Fsp3) is 0.250. The van der Waals surface area contributed by atoms with Crippen LogP contribution in [0.4, 0.5) is 0 Å². The molecule has 0 aliphatic heterocycles. The van der Waals surface area contributed by atoms with Crippen LogP contribution in [0.2, 0.25) is 5.02 Å². The van der Waals surface area contributed by atoms with Gasteiger partial charge in [-0.25, -0.2) is 0 Å². The minimum absolute atomic E-state index is 0.0351. The Balaban J connectivity index is 1.49. The van der Waals surface area contributed by atoms with Gasteiger partial charge in [-0.1, -0.05) is 23.7 Å². The number of furan rings is 2. The topological polar surface area (TPSA) is 101 Å². The number of halogens is 1. The standard InChI is InChI=1S/C24H24ClN3O5/c1-27(14-20(29)21-4-3-9-32-21)12-17-10-18-22(30)19(13-28(2)24(18)33-17)23(31)26-11-15-5-7-16(25)8-6-15/h3-10,13,20,29H,11-12,14H2,1-2H3,(H,26,31)/t20-/m0/s1. The van der Waals surface area contributed by atoms with E-state index >= 15 is 0 Å². The van der Waals surface area contributed by atoms with Crippen molar-refractivity contribution in [3.63, 3.8) is 0 Å². The predicted molar refractivity (Wildman–Crippen MR) is 124 cm³/mol. The summed E-state index contributed by atoms with van der Waals surface area (Å²) < 4.78 is 12.7. The Morgan fingerprint density at radius 1 is 1.27 bits per heavy atom. The number of hydrogen-bond donors (Lipinski definition) is 2. The number of nitrogens with zero attached hydrogens (tertiary/aromatic N) is 2. The maximum atomic E-state index is 13.0. The Labute approximate surface area is 195 Å². The lowest BCUT2D eigenvalue weighted by atomic mass is 10.2. The molecule has 1 atom stereocenters. The molecular weight excluding hydrogens is 446 g/mol. The summed E-state index contributed by atoms with van der Waals surface area (Å²) in [4.78, 5) is 27.5. The monoisotopic (exact) mass is 469 g/mol. The molecule has 0 unspecified atom stereocenters. The fourth-order valence-electron chi connectivity index (χ4n) is 3.63. The molecular formula is C24H24ClN3O5. The first-order valence-electron chi connectivity index (χ1n) is 10.4. The summed E-state index contributed by atoms with van der Waals surface area (Å²) in [5.74, 6) is 0.563. The van der Waals surface area contributed by atoms with E-state index in [4.69, 9.17) is 20.4 Å². The van der Waals surface area contributed by atoms with Crippen molar-refractivity contribution >= 4 is 28.6 Å². The molecule has 0 bridgehead atoms. The molecule has 0 saturated heterocycles. The number of aromatic nitrogens is 1. The van der Waals surface area contributed by atoms with Gasteiger partial charge in [0, 0.05) is 31.4 Å². The summed E-state index contributed by atoms with van der Waals surface area (Å²) in [7, 11) is 3.54. The maximum absolute atomic E-state index is 13.0. The van der Waals surface area contributed by atoms with Gasteiger partial charge in [0.1, 0.15) is 23.2 Å². The second kappa shape index (κ2) is 9.66. The summed E-state index contributed by atoms with van der Waals surface area (Å²) >= 11 is 5.89. The van der Waals surface area contributed by atoms with Crippen molar-refractivity contribution in [3.8, 4) is 0 Å². The molecule has 0 spiro atoms. The summed E-state index contributed by atoms with van der Waals surface area (Å²) in [6.45, 7) is 0.958. The molecule has 0 radical (unpaired) electrons. The van der Waals surface area contributed by atoms with E-state index in [1.165, 1.54) is 12.5 Å². The molecule has 4 rings (SSSR count). The summed E-state index contributed by atoms with van der Waals surface area (Å²) in [5, 5.41) is 14.0. The molecule has 0 fully saturated rings. The molecule has 3 aromatic heterocycles. The molecule has 9 heteroatoms. The van der Waals surface area contributed by atoms with E-state index in [1.807, 2.05) is 24.1 Å². The normalized spacial score (nSPS) is 12.4. The van der Waals surface area contributed by atoms with Crippen LogP contribution in [0.5, 0.6) is 0 Å². The molecule has 2 N–H and O–H groups in total. The van der Waals surface area contributed by atoms with Crippen molar-refractivity contribution < 1.29 is 18.7 Å². The third kappa shape index (κ3) is 5.19. The fourth-order valence-corrected chi connectivity index (χ4v) is 3.75. The third-order valence-corrected chi connectivity index (χ3v) is 5.54. The Morgan fingerprint density at radius 2 is 2.03 bits per heavy atom. The van der Waals surface area contributed by atoms with Gasteiger partial charge in [-0.3, -0.25) is 14.5 Å². The van der Waals surface area contributed by atoms with Gasteiger partial charge >= 0.3 is 0 Å². The van der Waals surface area contributed by atoms with Crippen molar-refractivity contribution in [3.05, 3.63) is 92.8 Å². The first kappa shape index (κ1) is 22.8. The van der Waals surface area contributed by atoms with E-state index in [1.54, 1.807) is 41.9 Å². The van der Waals surface area contributed by atoms with Crippen LogP contribution in [0.25, 0.3) is 11.1 Å². The third-order valence-electron chi connectivity index (χ3n) is 5.29. The van der Waals surface area contributed by atoms with Gasteiger partial charge < -0.3 is 23.8 Å². The van der Waals surface area contributed by atoms with Gasteiger partial charge in [-0.05, 0) is 42.9 Å². The van der Waals surface area contributed by atoms with E-state index in [0.29, 0.717) is 40.7 Å². The van der Waals surface area contributed by atoms with Crippen LogP contribution in [0.3, 0.4) is 0 Å². The average molecular weight is 470 g/mol. The number of carbonyl (C=O) groups is 1. The number of fused-ring (bicyclic) bond motifs is 1. The SMILES string of the molecule is CN(Cc1cc2c(=O)c(C(=O)NCc3ccc(Cl)cc3)cn(C)c2o1)C[C@H](O)c1ccco1. The second-order valence-corrected chi connectivity index (χ2v) is 8.39. The largest absolute Gasteiger partial charge is 0.467 e. The summed E-state index contributed by atoms with van der Waals surface area (Å²) in [5.41, 5.74) is 0.887. The number of rotatable bonds is 8. The number of nitrogens with one attached hydrogen (secondary N) is 1. The van der Waals surface area contributed by atoms with E-state index in [0.717, 1.165) is 5.56 Å². The van der Waals surface area contributed by atoms with Crippen molar-refractivity contribution in [1.29, 1.82) is 0 Å². The predicted octanol–water partition coefficient (Wildman–Crippen LogP) is 3.47. The van der Waals surface area contributed by atoms with E-state index in [-0.39, 0.29) is 12.1 Å². The number of pyridine rings is 1. The number of carbonyl (C=O) groups excluding carboxylic acids is 1. The average Bonchev–Trinajstić information content (AvgIpc) is 3.46. The number of aliphatic hydroxyl groups excluding tert-OH is 1. The van der Waals surface area contributed by atoms with Crippen molar-refractivity contribution in [2.24, 2.45) is 7.05 Å². The van der Waals surface area contributed by atoms with Crippen molar-refractivity contribution in [1.82, 2.24) is 14.8 Å². The minimum atomic E-state index is -0.781. The van der Waals surface area contributed by atoms with Gasteiger partial charge in [-0.2, -0.15) is 0 Å². The molecule has 1 aromatic carbocycles. The number of aliphatic hydroxyl groups is 1. The highest BCUT2D eigenvalue weighted by Gasteiger charge is 2.19. The first-order valence-corrected chi connectivity index (χ1v) is 10.7. The zero-order valence-electron chi connectivity index (χ0n) is 18.2. The highest BCUT2D eigenvalue weighted by molar-refractivity contribution is 6.30. The zero-order valence-corrected chi connectivity index (χ0v) is 19.0. The molecule has 0 aliphatic rings. The van der Waals surface area contributed by atoms with Gasteiger partial charge in [0.05, 0.1) is 18.2 Å². The van der Waals surface area contributed by atoms with E-state index in [2.05, 4.69) is 5.32 Å². The van der Waals surface area contributed by atoms with E-state index in [9.17, 15) is 14.7 Å². The second-order valence-electron chi connectivity index (χ2n) is 7.95. The maximum Gasteiger partial charge on any atom is 0.257 e. The lowest BCUT2D eigenvalue weighted by Crippen LogP contribution is -2.29. The Kier molecular flexibility index (Phi) is 6.69. The summed E-state index contributed by atoms with van der Waals surface area (Å²) in [6.07, 6.45) is 2.20. The van der Waals surface area contributed by atoms with Gasteiger partial charge in [-0.15, -0.1) is 0 Å². The van der Waals surface area contributed by atoms with Gasteiger partial charge in [0.25, 0.3) is 5.91 Å². The van der Waals surface area contributed by atoms with Crippen LogP contribution in [0, 0.1) is 0 Å². The molecule has 3 heterocycles. The number of amides is 1. The van der Waals surface area contributed by atoms with Crippen molar-refractivity contribution in [2.45, 2.75) is 19.2 Å². The van der Waals surface area contributed by atoms with Gasteiger partial charge in [0.2, 0.25) is 11.1 Å². The Morgan fingerprint density at radius 3 is 2.73 bits per heavy atom. The number of benzene rings is 1. The molecule has 0 aliphatic carbocycles. The van der Waals surface area contributed by atoms with Crippen LogP contribution in [0.15, 0.2) is 68.6 Å². The lowest BCUT2D eigenvalue weighted by molar-refractivity contribution is 0.0949. The van der Waals surface area contributed by atoms with Crippen LogP contribution in [-0.4, -0.2) is 34.1 Å². The molecule has 33 heavy (non-hydrogen) atoms. The van der Waals surface area contributed by atoms with Crippen LogP contribution >= 0.6 is 11.6 Å². The molecule has 8 nitrogen and oxygen atoms in total. The molecule has 0 saturated carbocycles. The Hall–Kier alpha value is -3.33. The number of aryl methyl sites for hydroxylation is 1. The van der Waals surface area contributed by atoms with Crippen molar-refractivity contribution in [2.75, 3.05) is 13.6 Å². The van der Waals surface area contributed by atoms with Crippen LogP contribution in [0.1, 0.15) is 33.5 Å². The molecule has 4 aromatic rings. The first-order chi connectivity index (χ1) is 15.8. The van der Waals surface area contributed by atoms with Crippen LogP contribution in [-0.2, 0) is 20.1 Å². The molecule has 1 amide bonds. The Bertz CT molecular complexity index is 1310. The van der Waals surface area contributed by atoms with Gasteiger partial charge in [0.15, 0.2) is 0 Å². The zero-order chi connectivity index (χ0) is 23.5. The smallest absolute Gasteiger partial charge is 0.257 e. The lowest BCUT2D eigenvalue weighted by Gasteiger charge is -2.18. The summed E-state index contributed by atoms with van der Waals surface area (Å²) in [6, 6.07) is 12.2. The minimum Gasteiger partial charge on any atom is -0.467 e. The highest BCUT2D eigenvalue weighted by Crippen LogP contribution is 2.20. The number of hydrogen-bond acceptors (Lipinski definition) is 6. The van der Waals surface area contributed by atoms with E-state index < -0.39 is 17.4 Å². The number of likely N-dealkylation sites (N-methyl/N-ethyl adjacent to an activating group) is 1. The van der Waals surface area contributed by atoms with Crippen LogP contribution < -0.4 is 10.7 Å².